The number of carbonyl (C=O) groups excluding carboxylic acids is 2. The number of esters is 1. The molecule has 0 unspecified atom stereocenters. The van der Waals surface area contributed by atoms with Crippen LogP contribution in [0.3, 0.4) is 0 Å². The number of benzene rings is 1. The Bertz CT molecular complexity index is 476. The highest BCUT2D eigenvalue weighted by atomic mass is 16.5. The number of nitrogens with two attached hydrogens (primary N) is 1. The van der Waals surface area contributed by atoms with Gasteiger partial charge in [0.05, 0.1) is 5.56 Å². The van der Waals surface area contributed by atoms with E-state index in [2.05, 4.69) is 6.92 Å². The zero-order valence-electron chi connectivity index (χ0n) is 11.7. The summed E-state index contributed by atoms with van der Waals surface area (Å²) < 4.78 is 5.04. The molecule has 1 saturated heterocycles. The van der Waals surface area contributed by atoms with Crippen LogP contribution in [0.5, 0.6) is 0 Å². The third kappa shape index (κ3) is 3.73. The number of piperidine rings is 1. The number of amides is 1. The molecule has 2 N–H and O–H groups in total. The van der Waals surface area contributed by atoms with Crippen LogP contribution in [0.2, 0.25) is 0 Å². The van der Waals surface area contributed by atoms with Crippen molar-refractivity contribution in [2.24, 2.45) is 5.92 Å². The lowest BCUT2D eigenvalue weighted by atomic mass is 9.99. The number of likely N-dealkylation sites (tertiary alicyclic amines) is 1. The topological polar surface area (TPSA) is 72.6 Å². The summed E-state index contributed by atoms with van der Waals surface area (Å²) in [4.78, 5) is 25.4. The van der Waals surface area contributed by atoms with Crippen molar-refractivity contribution < 1.29 is 14.3 Å². The average molecular weight is 276 g/mol. The lowest BCUT2D eigenvalue weighted by Gasteiger charge is -2.30. The number of hydrogen-bond acceptors (Lipinski definition) is 4. The van der Waals surface area contributed by atoms with Crippen LogP contribution in [-0.2, 0) is 9.53 Å². The molecule has 1 aliphatic rings. The molecule has 108 valence electrons. The van der Waals surface area contributed by atoms with E-state index in [1.54, 1.807) is 29.2 Å². The maximum absolute atomic E-state index is 11.9. The highest BCUT2D eigenvalue weighted by Gasteiger charge is 2.21. The number of anilines is 1. The standard InChI is InChI=1S/C15H20N2O3/c1-11-6-8-17(9-7-11)14(18)10-20-15(19)12-2-4-13(16)5-3-12/h2-5,11H,6-10,16H2,1H3. The van der Waals surface area contributed by atoms with E-state index >= 15 is 0 Å². The molecule has 1 amide bonds. The van der Waals surface area contributed by atoms with Crippen LogP contribution >= 0.6 is 0 Å². The van der Waals surface area contributed by atoms with Gasteiger partial charge in [-0.15, -0.1) is 0 Å². The normalized spacial score (nSPS) is 15.9. The van der Waals surface area contributed by atoms with E-state index in [-0.39, 0.29) is 12.5 Å². The van der Waals surface area contributed by atoms with Gasteiger partial charge in [0, 0.05) is 18.8 Å². The van der Waals surface area contributed by atoms with Gasteiger partial charge in [-0.3, -0.25) is 4.79 Å². The second-order valence-corrected chi connectivity index (χ2v) is 5.26. The van der Waals surface area contributed by atoms with Crippen LogP contribution in [0.15, 0.2) is 24.3 Å². The molecule has 0 aliphatic carbocycles. The molecule has 0 atom stereocenters. The van der Waals surface area contributed by atoms with Crippen LogP contribution < -0.4 is 5.73 Å². The summed E-state index contributed by atoms with van der Waals surface area (Å²) >= 11 is 0. The first-order valence-electron chi connectivity index (χ1n) is 6.86. The molecule has 0 bridgehead atoms. The monoisotopic (exact) mass is 276 g/mol. The molecule has 1 fully saturated rings. The lowest BCUT2D eigenvalue weighted by molar-refractivity contribution is -0.135. The second-order valence-electron chi connectivity index (χ2n) is 5.26. The molecule has 0 aromatic heterocycles. The summed E-state index contributed by atoms with van der Waals surface area (Å²) in [7, 11) is 0. The third-order valence-corrected chi connectivity index (χ3v) is 3.61. The molecular formula is C15H20N2O3. The van der Waals surface area contributed by atoms with E-state index in [0.717, 1.165) is 25.9 Å². The summed E-state index contributed by atoms with van der Waals surface area (Å²) in [5.41, 5.74) is 6.53. The highest BCUT2D eigenvalue weighted by Crippen LogP contribution is 2.16. The Hall–Kier alpha value is -2.04. The Morgan fingerprint density at radius 2 is 1.85 bits per heavy atom. The molecule has 20 heavy (non-hydrogen) atoms. The number of rotatable bonds is 3. The first-order valence-corrected chi connectivity index (χ1v) is 6.86. The molecule has 0 spiro atoms. The zero-order chi connectivity index (χ0) is 14.5. The van der Waals surface area contributed by atoms with E-state index in [4.69, 9.17) is 10.5 Å². The summed E-state index contributed by atoms with van der Waals surface area (Å²) in [5.74, 6) is 0.0424. The first kappa shape index (κ1) is 14.4. The second kappa shape index (κ2) is 6.41. The predicted molar refractivity (Wildman–Crippen MR) is 76.1 cm³/mol. The Kier molecular flexibility index (Phi) is 4.61. The maximum Gasteiger partial charge on any atom is 0.338 e. The van der Waals surface area contributed by atoms with Crippen LogP contribution in [0, 0.1) is 5.92 Å². The number of nitrogens with zero attached hydrogens (tertiary/aromatic N) is 1. The minimum atomic E-state index is -0.497. The summed E-state index contributed by atoms with van der Waals surface area (Å²) in [5, 5.41) is 0. The van der Waals surface area contributed by atoms with Crippen molar-refractivity contribution in [1.29, 1.82) is 0 Å². The molecule has 5 nitrogen and oxygen atoms in total. The molecule has 0 radical (unpaired) electrons. The van der Waals surface area contributed by atoms with Gasteiger partial charge in [-0.25, -0.2) is 4.79 Å². The van der Waals surface area contributed by atoms with Gasteiger partial charge in [0.1, 0.15) is 0 Å². The number of hydrogen-bond donors (Lipinski definition) is 1. The van der Waals surface area contributed by atoms with Gasteiger partial charge in [0.15, 0.2) is 6.61 Å². The molecule has 5 heteroatoms. The summed E-state index contributed by atoms with van der Waals surface area (Å²) in [6, 6.07) is 6.43. The molecule has 1 aromatic rings. The zero-order valence-corrected chi connectivity index (χ0v) is 11.7. The lowest BCUT2D eigenvalue weighted by Crippen LogP contribution is -2.40. The molecule has 2 rings (SSSR count). The van der Waals surface area contributed by atoms with Crippen molar-refractivity contribution in [3.05, 3.63) is 29.8 Å². The Morgan fingerprint density at radius 1 is 1.25 bits per heavy atom. The minimum absolute atomic E-state index is 0.124. The first-order chi connectivity index (χ1) is 9.56. The van der Waals surface area contributed by atoms with Gasteiger partial charge < -0.3 is 15.4 Å². The van der Waals surface area contributed by atoms with Crippen molar-refractivity contribution in [1.82, 2.24) is 4.90 Å². The molecule has 1 heterocycles. The smallest absolute Gasteiger partial charge is 0.338 e. The Balaban J connectivity index is 1.81. The van der Waals surface area contributed by atoms with Gasteiger partial charge in [-0.1, -0.05) is 6.92 Å². The van der Waals surface area contributed by atoms with E-state index < -0.39 is 5.97 Å². The van der Waals surface area contributed by atoms with E-state index in [0.29, 0.717) is 17.2 Å². The Labute approximate surface area is 118 Å². The fourth-order valence-corrected chi connectivity index (χ4v) is 2.18. The molecule has 1 aliphatic heterocycles. The highest BCUT2D eigenvalue weighted by molar-refractivity contribution is 5.91. The summed E-state index contributed by atoms with van der Waals surface area (Å²) in [6.45, 7) is 3.49. The summed E-state index contributed by atoms with van der Waals surface area (Å²) in [6.07, 6.45) is 2.02. The van der Waals surface area contributed by atoms with Crippen LogP contribution in [0.25, 0.3) is 0 Å². The van der Waals surface area contributed by atoms with Crippen molar-refractivity contribution in [2.45, 2.75) is 19.8 Å². The van der Waals surface area contributed by atoms with E-state index in [1.807, 2.05) is 0 Å². The molecular weight excluding hydrogens is 256 g/mol. The average Bonchev–Trinajstić information content (AvgIpc) is 2.46. The fourth-order valence-electron chi connectivity index (χ4n) is 2.18. The fraction of sp³-hybridized carbons (Fsp3) is 0.467. The van der Waals surface area contributed by atoms with Crippen molar-refractivity contribution in [3.8, 4) is 0 Å². The third-order valence-electron chi connectivity index (χ3n) is 3.61. The number of ether oxygens (including phenoxy) is 1. The number of nitrogen functional groups attached to an aromatic ring is 1. The van der Waals surface area contributed by atoms with E-state index in [9.17, 15) is 9.59 Å². The number of carbonyl (C=O) groups is 2. The van der Waals surface area contributed by atoms with Gasteiger partial charge in [0.25, 0.3) is 5.91 Å². The van der Waals surface area contributed by atoms with Gasteiger partial charge in [-0.05, 0) is 43.0 Å². The SMILES string of the molecule is CC1CCN(C(=O)COC(=O)c2ccc(N)cc2)CC1. The van der Waals surface area contributed by atoms with Gasteiger partial charge in [-0.2, -0.15) is 0 Å². The van der Waals surface area contributed by atoms with Gasteiger partial charge in [0.2, 0.25) is 0 Å². The quantitative estimate of drug-likeness (QED) is 0.673. The maximum atomic E-state index is 11.9. The van der Waals surface area contributed by atoms with Crippen LogP contribution in [-0.4, -0.2) is 36.5 Å². The Morgan fingerprint density at radius 3 is 2.45 bits per heavy atom. The minimum Gasteiger partial charge on any atom is -0.452 e. The van der Waals surface area contributed by atoms with Gasteiger partial charge >= 0.3 is 5.97 Å². The largest absolute Gasteiger partial charge is 0.452 e. The molecule has 1 aromatic carbocycles. The van der Waals surface area contributed by atoms with E-state index in [1.165, 1.54) is 0 Å². The van der Waals surface area contributed by atoms with Crippen molar-refractivity contribution in [3.63, 3.8) is 0 Å². The predicted octanol–water partition coefficient (Wildman–Crippen LogP) is 1.68. The van der Waals surface area contributed by atoms with Crippen molar-refractivity contribution >= 4 is 17.6 Å². The van der Waals surface area contributed by atoms with Crippen LogP contribution in [0.1, 0.15) is 30.1 Å². The van der Waals surface area contributed by atoms with Crippen LogP contribution in [0.4, 0.5) is 5.69 Å². The molecule has 0 saturated carbocycles. The van der Waals surface area contributed by atoms with Crippen molar-refractivity contribution in [2.75, 3.05) is 25.4 Å².